The maximum absolute atomic E-state index is 12.1. The number of aryl methyl sites for hydroxylation is 3. The molecule has 6 nitrogen and oxygen atoms in total. The molecule has 0 aliphatic heterocycles. The predicted molar refractivity (Wildman–Crippen MR) is 97.6 cm³/mol. The number of primary amides is 1. The number of hydrogen-bond donors (Lipinski definition) is 2. The zero-order chi connectivity index (χ0) is 18.1. The van der Waals surface area contributed by atoms with Gasteiger partial charge in [-0.05, 0) is 44.7 Å². The molecule has 0 spiro atoms. The third-order valence-electron chi connectivity index (χ3n) is 4.02. The molecule has 0 unspecified atom stereocenters. The lowest BCUT2D eigenvalue weighted by atomic mass is 10.1. The van der Waals surface area contributed by atoms with Gasteiger partial charge in [0.05, 0.1) is 11.1 Å². The molecule has 0 fully saturated rings. The highest BCUT2D eigenvalue weighted by molar-refractivity contribution is 7.17. The first-order valence-corrected chi connectivity index (χ1v) is 9.48. The van der Waals surface area contributed by atoms with Gasteiger partial charge in [-0.15, -0.1) is 22.7 Å². The highest BCUT2D eigenvalue weighted by Crippen LogP contribution is 2.38. The minimum absolute atomic E-state index is 0.390. The lowest BCUT2D eigenvalue weighted by Crippen LogP contribution is -2.22. The van der Waals surface area contributed by atoms with E-state index in [0.29, 0.717) is 16.1 Å². The minimum atomic E-state index is -0.545. The summed E-state index contributed by atoms with van der Waals surface area (Å²) in [6.45, 7) is 3.33. The van der Waals surface area contributed by atoms with Crippen LogP contribution in [0.4, 0.5) is 5.00 Å². The van der Waals surface area contributed by atoms with Crippen molar-refractivity contribution in [2.24, 2.45) is 5.73 Å². The van der Waals surface area contributed by atoms with Crippen molar-refractivity contribution >= 4 is 45.5 Å². The average molecular weight is 378 g/mol. The lowest BCUT2D eigenvalue weighted by Gasteiger charge is -2.07. The van der Waals surface area contributed by atoms with Gasteiger partial charge in [-0.1, -0.05) is 0 Å². The number of anilines is 1. The molecule has 3 rings (SSSR count). The Balaban J connectivity index is 1.65. The molecule has 0 saturated carbocycles. The summed E-state index contributed by atoms with van der Waals surface area (Å²) in [6.07, 6.45) is 2.68. The van der Waals surface area contributed by atoms with Crippen LogP contribution < -0.4 is 11.1 Å². The highest BCUT2D eigenvalue weighted by atomic mass is 32.1. The molecule has 0 atom stereocenters. The number of nitrogens with two attached hydrogens (primary N) is 1. The molecule has 2 amide bonds. The van der Waals surface area contributed by atoms with Crippen molar-refractivity contribution in [2.45, 2.75) is 33.1 Å². The molecule has 25 heavy (non-hydrogen) atoms. The molecule has 2 aromatic heterocycles. The molecular weight excluding hydrogens is 360 g/mol. The van der Waals surface area contributed by atoms with Crippen LogP contribution in [0.2, 0.25) is 0 Å². The first kappa shape index (κ1) is 17.6. The lowest BCUT2D eigenvalue weighted by molar-refractivity contribution is -0.119. The maximum Gasteiger partial charge on any atom is 0.339 e. The van der Waals surface area contributed by atoms with Gasteiger partial charge >= 0.3 is 5.97 Å². The van der Waals surface area contributed by atoms with Crippen molar-refractivity contribution in [2.75, 3.05) is 11.9 Å². The summed E-state index contributed by atoms with van der Waals surface area (Å²) in [4.78, 5) is 38.8. The quantitative estimate of drug-likeness (QED) is 0.782. The number of carbonyl (C=O) groups is 3. The van der Waals surface area contributed by atoms with Crippen molar-refractivity contribution in [3.05, 3.63) is 37.4 Å². The van der Waals surface area contributed by atoms with Crippen LogP contribution in [0.5, 0.6) is 0 Å². The summed E-state index contributed by atoms with van der Waals surface area (Å²) in [6, 6.07) is 1.75. The van der Waals surface area contributed by atoms with Gasteiger partial charge < -0.3 is 15.8 Å². The number of amides is 2. The van der Waals surface area contributed by atoms with Gasteiger partial charge in [0.2, 0.25) is 0 Å². The monoisotopic (exact) mass is 378 g/mol. The van der Waals surface area contributed by atoms with E-state index in [2.05, 4.69) is 5.32 Å². The standard InChI is InChI=1S/C17H18N2O4S2/c1-8-6-11(9(2)24-8)17(22)23-7-13(20)19-16-14(15(18)21)10-4-3-5-12(10)25-16/h6H,3-5,7H2,1-2H3,(H2,18,21)(H,19,20). The van der Waals surface area contributed by atoms with Gasteiger partial charge in [0.25, 0.3) is 11.8 Å². The van der Waals surface area contributed by atoms with Crippen molar-refractivity contribution < 1.29 is 19.1 Å². The fraction of sp³-hybridized carbons (Fsp3) is 0.353. The Morgan fingerprint density at radius 1 is 1.24 bits per heavy atom. The van der Waals surface area contributed by atoms with E-state index >= 15 is 0 Å². The van der Waals surface area contributed by atoms with Gasteiger partial charge in [0.1, 0.15) is 5.00 Å². The second-order valence-corrected chi connectivity index (χ2v) is 8.44. The topological polar surface area (TPSA) is 98.5 Å². The number of carbonyl (C=O) groups excluding carboxylic acids is 3. The Bertz CT molecular complexity index is 866. The van der Waals surface area contributed by atoms with E-state index in [1.165, 1.54) is 22.7 Å². The second-order valence-electron chi connectivity index (χ2n) is 5.88. The van der Waals surface area contributed by atoms with Gasteiger partial charge in [-0.25, -0.2) is 4.79 Å². The summed E-state index contributed by atoms with van der Waals surface area (Å²) in [5, 5.41) is 3.10. The van der Waals surface area contributed by atoms with Crippen LogP contribution in [0.1, 0.15) is 47.3 Å². The van der Waals surface area contributed by atoms with Gasteiger partial charge in [0, 0.05) is 14.6 Å². The first-order valence-electron chi connectivity index (χ1n) is 7.85. The normalized spacial score (nSPS) is 12.7. The van der Waals surface area contributed by atoms with Gasteiger partial charge in [0.15, 0.2) is 6.61 Å². The Morgan fingerprint density at radius 2 is 2.00 bits per heavy atom. The molecule has 132 valence electrons. The van der Waals surface area contributed by atoms with Crippen LogP contribution in [-0.4, -0.2) is 24.4 Å². The van der Waals surface area contributed by atoms with Gasteiger partial charge in [-0.3, -0.25) is 9.59 Å². The van der Waals surface area contributed by atoms with E-state index in [9.17, 15) is 14.4 Å². The smallest absolute Gasteiger partial charge is 0.339 e. The molecule has 1 aliphatic rings. The summed E-state index contributed by atoms with van der Waals surface area (Å²) in [7, 11) is 0. The number of ether oxygens (including phenoxy) is 1. The van der Waals surface area contributed by atoms with Crippen LogP contribution in [0, 0.1) is 13.8 Å². The van der Waals surface area contributed by atoms with Crippen LogP contribution in [0.25, 0.3) is 0 Å². The summed E-state index contributed by atoms with van der Waals surface area (Å²) < 4.78 is 5.08. The van der Waals surface area contributed by atoms with Crippen molar-refractivity contribution in [3.8, 4) is 0 Å². The predicted octanol–water partition coefficient (Wildman–Crippen LogP) is 2.81. The Morgan fingerprint density at radius 3 is 2.64 bits per heavy atom. The average Bonchev–Trinajstić information content (AvgIpc) is 3.18. The largest absolute Gasteiger partial charge is 0.452 e. The molecule has 0 saturated heterocycles. The highest BCUT2D eigenvalue weighted by Gasteiger charge is 2.26. The molecule has 0 radical (unpaired) electrons. The van der Waals surface area contributed by atoms with E-state index in [1.807, 2.05) is 13.8 Å². The van der Waals surface area contributed by atoms with Crippen LogP contribution in [0.15, 0.2) is 6.07 Å². The number of nitrogens with one attached hydrogen (secondary N) is 1. The van der Waals surface area contributed by atoms with E-state index in [0.717, 1.165) is 39.5 Å². The first-order chi connectivity index (χ1) is 11.9. The Hall–Kier alpha value is -2.19. The fourth-order valence-electron chi connectivity index (χ4n) is 2.96. The third kappa shape index (κ3) is 3.59. The maximum atomic E-state index is 12.1. The molecule has 3 N–H and O–H groups in total. The molecule has 0 bridgehead atoms. The number of hydrogen-bond acceptors (Lipinski definition) is 6. The molecule has 8 heteroatoms. The van der Waals surface area contributed by atoms with Crippen molar-refractivity contribution in [1.29, 1.82) is 0 Å². The third-order valence-corrected chi connectivity index (χ3v) is 6.19. The number of thiophene rings is 2. The Labute approximate surface area is 153 Å². The summed E-state index contributed by atoms with van der Waals surface area (Å²) in [5.74, 6) is -1.56. The van der Waals surface area contributed by atoms with E-state index < -0.39 is 24.4 Å². The fourth-order valence-corrected chi connectivity index (χ4v) is 5.18. The molecule has 1 aliphatic carbocycles. The van der Waals surface area contributed by atoms with E-state index in [4.69, 9.17) is 10.5 Å². The Kier molecular flexibility index (Phi) is 4.91. The van der Waals surface area contributed by atoms with Crippen molar-refractivity contribution in [1.82, 2.24) is 0 Å². The molecule has 2 aromatic rings. The van der Waals surface area contributed by atoms with Crippen LogP contribution in [-0.2, 0) is 22.4 Å². The molecule has 0 aromatic carbocycles. The van der Waals surface area contributed by atoms with E-state index in [1.54, 1.807) is 6.07 Å². The molecular formula is C17H18N2O4S2. The van der Waals surface area contributed by atoms with Crippen LogP contribution >= 0.6 is 22.7 Å². The number of esters is 1. The van der Waals surface area contributed by atoms with Crippen LogP contribution in [0.3, 0.4) is 0 Å². The number of fused-ring (bicyclic) bond motifs is 1. The summed E-state index contributed by atoms with van der Waals surface area (Å²) >= 11 is 2.87. The zero-order valence-corrected chi connectivity index (χ0v) is 15.6. The summed E-state index contributed by atoms with van der Waals surface area (Å²) in [5.41, 5.74) is 7.26. The van der Waals surface area contributed by atoms with Crippen molar-refractivity contribution in [3.63, 3.8) is 0 Å². The van der Waals surface area contributed by atoms with E-state index in [-0.39, 0.29) is 0 Å². The minimum Gasteiger partial charge on any atom is -0.452 e. The molecule has 2 heterocycles. The zero-order valence-electron chi connectivity index (χ0n) is 13.9. The number of rotatable bonds is 5. The SMILES string of the molecule is Cc1cc(C(=O)OCC(=O)Nc2sc3c(c2C(N)=O)CCC3)c(C)s1. The van der Waals surface area contributed by atoms with Gasteiger partial charge in [-0.2, -0.15) is 0 Å². The second kappa shape index (κ2) is 6.97.